The molecule has 0 radical (unpaired) electrons. The number of aliphatic hydroxyl groups excluding tert-OH is 1. The first-order chi connectivity index (χ1) is 8.48. The van der Waals surface area contributed by atoms with Gasteiger partial charge in [0.2, 0.25) is 0 Å². The zero-order valence-electron chi connectivity index (χ0n) is 11.1. The lowest BCUT2D eigenvalue weighted by Gasteiger charge is -2.14. The first kappa shape index (κ1) is 17.7. The van der Waals surface area contributed by atoms with Crippen molar-refractivity contribution in [3.63, 3.8) is 0 Å². The Morgan fingerprint density at radius 3 is 2.06 bits per heavy atom. The van der Waals surface area contributed by atoms with E-state index in [1.54, 1.807) is 0 Å². The summed E-state index contributed by atoms with van der Waals surface area (Å²) in [5.74, 6) is 0. The van der Waals surface area contributed by atoms with Crippen LogP contribution in [0.2, 0.25) is 0 Å². The third-order valence-electron chi connectivity index (χ3n) is 2.81. The summed E-state index contributed by atoms with van der Waals surface area (Å²) in [6.45, 7) is 2.62. The van der Waals surface area contributed by atoms with Crippen molar-refractivity contribution in [3.05, 3.63) is 0 Å². The highest BCUT2D eigenvalue weighted by molar-refractivity contribution is 4.64. The zero-order chi connectivity index (χ0) is 13.9. The molecule has 1 N–H and O–H groups in total. The molecule has 0 saturated heterocycles. The Kier molecular flexibility index (Phi) is 10.4. The van der Waals surface area contributed by atoms with Crippen LogP contribution in [0.15, 0.2) is 0 Å². The van der Waals surface area contributed by atoms with E-state index in [2.05, 4.69) is 6.92 Å². The molecule has 0 spiro atoms. The van der Waals surface area contributed by atoms with Crippen molar-refractivity contribution >= 4 is 0 Å². The number of aliphatic hydroxyl groups is 1. The van der Waals surface area contributed by atoms with Crippen molar-refractivity contribution in [2.75, 3.05) is 13.2 Å². The smallest absolute Gasteiger partial charge is 0.384 e. The summed E-state index contributed by atoms with van der Waals surface area (Å²) in [7, 11) is 0. The molecule has 0 heterocycles. The van der Waals surface area contributed by atoms with Crippen LogP contribution in [0.1, 0.15) is 58.3 Å². The van der Waals surface area contributed by atoms with Gasteiger partial charge in [-0.3, -0.25) is 0 Å². The van der Waals surface area contributed by atoms with Crippen molar-refractivity contribution in [1.82, 2.24) is 0 Å². The van der Waals surface area contributed by atoms with Crippen LogP contribution in [0, 0.1) is 0 Å². The fourth-order valence-electron chi connectivity index (χ4n) is 1.62. The average Bonchev–Trinajstić information content (AvgIpc) is 2.30. The molecular formula is C13H25F3O2. The Labute approximate surface area is 108 Å². The van der Waals surface area contributed by atoms with Crippen LogP contribution in [0.25, 0.3) is 0 Å². The molecule has 0 aromatic heterocycles. The molecule has 0 aromatic rings. The third-order valence-corrected chi connectivity index (χ3v) is 2.81. The topological polar surface area (TPSA) is 29.5 Å². The first-order valence-corrected chi connectivity index (χ1v) is 6.81. The van der Waals surface area contributed by atoms with Crippen LogP contribution in [0.5, 0.6) is 0 Å². The van der Waals surface area contributed by atoms with E-state index in [9.17, 15) is 13.2 Å². The van der Waals surface area contributed by atoms with Gasteiger partial charge in [-0.05, 0) is 6.42 Å². The van der Waals surface area contributed by atoms with E-state index in [4.69, 9.17) is 9.84 Å². The number of ether oxygens (including phenoxy) is 1. The fraction of sp³-hybridized carbons (Fsp3) is 1.00. The number of halogens is 3. The number of unbranched alkanes of at least 4 members (excludes halogenated alkanes) is 6. The molecule has 1 atom stereocenters. The van der Waals surface area contributed by atoms with Gasteiger partial charge in [-0.15, -0.1) is 0 Å². The molecule has 0 aliphatic rings. The summed E-state index contributed by atoms with van der Waals surface area (Å²) < 4.78 is 40.8. The van der Waals surface area contributed by atoms with Crippen molar-refractivity contribution < 1.29 is 23.0 Å². The Morgan fingerprint density at radius 1 is 0.944 bits per heavy atom. The molecule has 0 saturated carbocycles. The maximum absolute atomic E-state index is 11.9. The quantitative estimate of drug-likeness (QED) is 0.573. The van der Waals surface area contributed by atoms with E-state index in [0.29, 0.717) is 6.61 Å². The minimum atomic E-state index is -4.53. The SMILES string of the molecule is CCCCCCCCCOCCC(O)C(F)(F)F. The van der Waals surface area contributed by atoms with Gasteiger partial charge >= 0.3 is 6.18 Å². The van der Waals surface area contributed by atoms with Crippen molar-refractivity contribution in [1.29, 1.82) is 0 Å². The molecule has 5 heteroatoms. The Hall–Kier alpha value is -0.290. The van der Waals surface area contributed by atoms with Crippen LogP contribution in [-0.2, 0) is 4.74 Å². The Balaban J connectivity index is 3.17. The lowest BCUT2D eigenvalue weighted by Crippen LogP contribution is -2.29. The molecule has 18 heavy (non-hydrogen) atoms. The second kappa shape index (κ2) is 10.6. The standard InChI is InChI=1S/C13H25F3O2/c1-2-3-4-5-6-7-8-10-18-11-9-12(17)13(14,15)16/h12,17H,2-11H2,1H3. The molecule has 1 unspecified atom stereocenters. The van der Waals surface area contributed by atoms with Gasteiger partial charge in [-0.25, -0.2) is 0 Å². The number of hydrogen-bond donors (Lipinski definition) is 1. The minimum Gasteiger partial charge on any atom is -0.384 e. The largest absolute Gasteiger partial charge is 0.414 e. The predicted molar refractivity (Wildman–Crippen MR) is 65.5 cm³/mol. The lowest BCUT2D eigenvalue weighted by atomic mass is 10.1. The van der Waals surface area contributed by atoms with Crippen LogP contribution >= 0.6 is 0 Å². The molecule has 0 amide bonds. The van der Waals surface area contributed by atoms with Crippen LogP contribution < -0.4 is 0 Å². The van der Waals surface area contributed by atoms with Gasteiger partial charge in [0.15, 0.2) is 6.10 Å². The van der Waals surface area contributed by atoms with Gasteiger partial charge in [0.05, 0.1) is 0 Å². The summed E-state index contributed by atoms with van der Waals surface area (Å²) in [4.78, 5) is 0. The lowest BCUT2D eigenvalue weighted by molar-refractivity contribution is -0.208. The summed E-state index contributed by atoms with van der Waals surface area (Å²) in [6, 6.07) is 0. The Bertz CT molecular complexity index is 184. The van der Waals surface area contributed by atoms with Gasteiger partial charge in [-0.1, -0.05) is 45.4 Å². The van der Waals surface area contributed by atoms with Crippen molar-refractivity contribution in [2.24, 2.45) is 0 Å². The normalized spacial score (nSPS) is 13.8. The van der Waals surface area contributed by atoms with Gasteiger partial charge in [0, 0.05) is 19.6 Å². The van der Waals surface area contributed by atoms with Crippen LogP contribution in [-0.4, -0.2) is 30.6 Å². The fourth-order valence-corrected chi connectivity index (χ4v) is 1.62. The summed E-state index contributed by atoms with van der Waals surface area (Å²) in [5, 5.41) is 8.70. The highest BCUT2D eigenvalue weighted by Crippen LogP contribution is 2.22. The zero-order valence-corrected chi connectivity index (χ0v) is 11.1. The molecule has 0 bridgehead atoms. The van der Waals surface area contributed by atoms with E-state index < -0.39 is 12.3 Å². The number of alkyl halides is 3. The molecular weight excluding hydrogens is 245 g/mol. The predicted octanol–water partition coefficient (Wildman–Crippen LogP) is 4.07. The van der Waals surface area contributed by atoms with Crippen molar-refractivity contribution in [2.45, 2.75) is 70.6 Å². The summed E-state index contributed by atoms with van der Waals surface area (Å²) >= 11 is 0. The first-order valence-electron chi connectivity index (χ1n) is 6.81. The molecule has 110 valence electrons. The number of rotatable bonds is 11. The Morgan fingerprint density at radius 2 is 1.50 bits per heavy atom. The molecule has 0 rings (SSSR count). The van der Waals surface area contributed by atoms with E-state index in [0.717, 1.165) is 19.3 Å². The molecule has 0 aromatic carbocycles. The van der Waals surface area contributed by atoms with E-state index in [1.807, 2.05) is 0 Å². The molecule has 0 aliphatic heterocycles. The molecule has 2 nitrogen and oxygen atoms in total. The summed E-state index contributed by atoms with van der Waals surface area (Å²) in [6.07, 6.45) is 0.926. The van der Waals surface area contributed by atoms with Crippen LogP contribution in [0.4, 0.5) is 13.2 Å². The van der Waals surface area contributed by atoms with Crippen molar-refractivity contribution in [3.8, 4) is 0 Å². The second-order valence-corrected chi connectivity index (χ2v) is 4.58. The maximum Gasteiger partial charge on any atom is 0.414 e. The maximum atomic E-state index is 11.9. The van der Waals surface area contributed by atoms with E-state index >= 15 is 0 Å². The third kappa shape index (κ3) is 10.8. The molecule has 0 fully saturated rings. The molecule has 0 aliphatic carbocycles. The average molecular weight is 270 g/mol. The van der Waals surface area contributed by atoms with E-state index in [-0.39, 0.29) is 13.0 Å². The monoisotopic (exact) mass is 270 g/mol. The second-order valence-electron chi connectivity index (χ2n) is 4.58. The van der Waals surface area contributed by atoms with Crippen LogP contribution in [0.3, 0.4) is 0 Å². The highest BCUT2D eigenvalue weighted by atomic mass is 19.4. The summed E-state index contributed by atoms with van der Waals surface area (Å²) in [5.41, 5.74) is 0. The van der Waals surface area contributed by atoms with Gasteiger partial charge in [-0.2, -0.15) is 13.2 Å². The van der Waals surface area contributed by atoms with Gasteiger partial charge < -0.3 is 9.84 Å². The van der Waals surface area contributed by atoms with Gasteiger partial charge in [0.1, 0.15) is 0 Å². The van der Waals surface area contributed by atoms with E-state index in [1.165, 1.54) is 25.7 Å². The number of hydrogen-bond acceptors (Lipinski definition) is 2. The highest BCUT2D eigenvalue weighted by Gasteiger charge is 2.37. The minimum absolute atomic E-state index is 0.0312. The van der Waals surface area contributed by atoms with Gasteiger partial charge in [0.25, 0.3) is 0 Å².